The van der Waals surface area contributed by atoms with Crippen LogP contribution in [0, 0.1) is 11.3 Å². The number of nitriles is 1. The standard InChI is InChI=1S/C16H25N3O2.C16H21N3O2/c2*1-16(2,3)21-15(20)19-10-8-18(9-11-19)14-7-5-4-6-13(14)12-17/h4-7H,8-12,17H2,1-3H3;4-7H,8-11H2,1-3H3. The van der Waals surface area contributed by atoms with Gasteiger partial charge in [-0.2, -0.15) is 5.26 Å². The van der Waals surface area contributed by atoms with E-state index in [1.807, 2.05) is 77.9 Å². The van der Waals surface area contributed by atoms with Gasteiger partial charge in [-0.25, -0.2) is 9.59 Å². The SMILES string of the molecule is CC(C)(C)OC(=O)N1CCN(c2ccccc2C#N)CC1.CC(C)(C)OC(=O)N1CCN(c2ccccc2CN)CC1. The molecule has 2 aliphatic heterocycles. The van der Waals surface area contributed by atoms with E-state index in [0.717, 1.165) is 24.3 Å². The van der Waals surface area contributed by atoms with Crippen LogP contribution in [0.2, 0.25) is 0 Å². The van der Waals surface area contributed by atoms with Crippen molar-refractivity contribution in [2.75, 3.05) is 62.2 Å². The Morgan fingerprint density at radius 1 is 0.714 bits per heavy atom. The quantitative estimate of drug-likeness (QED) is 0.551. The van der Waals surface area contributed by atoms with Crippen LogP contribution in [0.15, 0.2) is 48.5 Å². The van der Waals surface area contributed by atoms with Crippen molar-refractivity contribution in [1.82, 2.24) is 9.80 Å². The minimum absolute atomic E-state index is 0.228. The number of amides is 2. The molecule has 10 heteroatoms. The van der Waals surface area contributed by atoms with Crippen LogP contribution >= 0.6 is 0 Å². The molecule has 2 aliphatic rings. The van der Waals surface area contributed by atoms with Gasteiger partial charge in [0.25, 0.3) is 0 Å². The Bertz CT molecular complexity index is 1230. The average molecular weight is 579 g/mol. The van der Waals surface area contributed by atoms with Crippen molar-refractivity contribution < 1.29 is 19.1 Å². The first-order valence-electron chi connectivity index (χ1n) is 14.5. The van der Waals surface area contributed by atoms with Crippen LogP contribution in [0.3, 0.4) is 0 Å². The summed E-state index contributed by atoms with van der Waals surface area (Å²) in [6, 6.07) is 17.9. The van der Waals surface area contributed by atoms with Crippen LogP contribution in [0.4, 0.5) is 21.0 Å². The van der Waals surface area contributed by atoms with Gasteiger partial charge in [0.05, 0.1) is 11.3 Å². The number of carbonyl (C=O) groups is 2. The van der Waals surface area contributed by atoms with Crippen LogP contribution in [0.1, 0.15) is 52.7 Å². The molecule has 0 saturated carbocycles. The lowest BCUT2D eigenvalue weighted by Gasteiger charge is -2.37. The number of nitrogens with two attached hydrogens (primary N) is 1. The molecule has 0 atom stereocenters. The van der Waals surface area contributed by atoms with Gasteiger partial charge in [-0.15, -0.1) is 0 Å². The molecule has 2 aromatic rings. The normalized spacial score (nSPS) is 15.8. The molecule has 2 N–H and O–H groups in total. The summed E-state index contributed by atoms with van der Waals surface area (Å²) in [4.78, 5) is 32.0. The van der Waals surface area contributed by atoms with Gasteiger partial charge < -0.3 is 34.8 Å². The molecule has 0 radical (unpaired) electrons. The highest BCUT2D eigenvalue weighted by Crippen LogP contribution is 2.23. The number of rotatable bonds is 3. The van der Waals surface area contributed by atoms with Crippen LogP contribution in [-0.2, 0) is 16.0 Å². The van der Waals surface area contributed by atoms with Gasteiger partial charge >= 0.3 is 12.2 Å². The van der Waals surface area contributed by atoms with E-state index in [2.05, 4.69) is 28.0 Å². The molecule has 2 fully saturated rings. The van der Waals surface area contributed by atoms with Gasteiger partial charge in [0.1, 0.15) is 17.3 Å². The molecule has 2 amide bonds. The smallest absolute Gasteiger partial charge is 0.410 e. The molecule has 2 saturated heterocycles. The molecule has 10 nitrogen and oxygen atoms in total. The fraction of sp³-hybridized carbons (Fsp3) is 0.531. The summed E-state index contributed by atoms with van der Waals surface area (Å²) in [5.74, 6) is 0. The van der Waals surface area contributed by atoms with Gasteiger partial charge in [0.2, 0.25) is 0 Å². The number of carbonyl (C=O) groups excluding carboxylic acids is 2. The summed E-state index contributed by atoms with van der Waals surface area (Å²) in [5, 5.41) is 9.16. The molecular formula is C32H46N6O4. The molecule has 0 aliphatic carbocycles. The maximum atomic E-state index is 12.0. The predicted octanol–water partition coefficient (Wildman–Crippen LogP) is 4.82. The summed E-state index contributed by atoms with van der Waals surface area (Å²) in [5.41, 5.74) is 8.79. The molecular weight excluding hydrogens is 532 g/mol. The van der Waals surface area contributed by atoms with Crippen LogP contribution in [0.5, 0.6) is 0 Å². The summed E-state index contributed by atoms with van der Waals surface area (Å²) < 4.78 is 10.8. The third-order valence-electron chi connectivity index (χ3n) is 6.78. The Kier molecular flexibility index (Phi) is 11.1. The number of anilines is 2. The second kappa shape index (κ2) is 14.3. The Balaban J connectivity index is 0.000000230. The summed E-state index contributed by atoms with van der Waals surface area (Å²) in [6.07, 6.45) is -0.495. The number of benzene rings is 2. The van der Waals surface area contributed by atoms with Gasteiger partial charge in [-0.1, -0.05) is 30.3 Å². The Hall–Kier alpha value is -3.97. The van der Waals surface area contributed by atoms with E-state index >= 15 is 0 Å². The van der Waals surface area contributed by atoms with Crippen molar-refractivity contribution in [2.24, 2.45) is 5.73 Å². The van der Waals surface area contributed by atoms with Crippen LogP contribution in [0.25, 0.3) is 0 Å². The lowest BCUT2D eigenvalue weighted by atomic mass is 10.1. The van der Waals surface area contributed by atoms with E-state index in [0.29, 0.717) is 51.4 Å². The zero-order valence-electron chi connectivity index (χ0n) is 25.9. The molecule has 228 valence electrons. The first-order valence-corrected chi connectivity index (χ1v) is 14.5. The van der Waals surface area contributed by atoms with Gasteiger partial charge in [0, 0.05) is 64.6 Å². The molecule has 0 aromatic heterocycles. The largest absolute Gasteiger partial charge is 0.444 e. The van der Waals surface area contributed by atoms with E-state index in [1.54, 1.807) is 9.80 Å². The van der Waals surface area contributed by atoms with Crippen LogP contribution in [-0.4, -0.2) is 85.5 Å². The first kappa shape index (κ1) is 32.5. The number of hydrogen-bond donors (Lipinski definition) is 1. The first-order chi connectivity index (χ1) is 19.8. The van der Waals surface area contributed by atoms with Crippen molar-refractivity contribution in [1.29, 1.82) is 5.26 Å². The summed E-state index contributed by atoms with van der Waals surface area (Å²) in [6.45, 7) is 17.4. The number of nitrogens with zero attached hydrogens (tertiary/aromatic N) is 5. The van der Waals surface area contributed by atoms with Gasteiger partial charge in [-0.3, -0.25) is 0 Å². The molecule has 0 bridgehead atoms. The number of hydrogen-bond acceptors (Lipinski definition) is 8. The molecule has 4 rings (SSSR count). The number of piperazine rings is 2. The van der Waals surface area contributed by atoms with Gasteiger partial charge in [0.15, 0.2) is 0 Å². The van der Waals surface area contributed by atoms with E-state index < -0.39 is 11.2 Å². The highest BCUT2D eigenvalue weighted by atomic mass is 16.6. The minimum atomic E-state index is -0.471. The molecule has 2 heterocycles. The number of ether oxygens (including phenoxy) is 2. The zero-order valence-corrected chi connectivity index (χ0v) is 25.9. The zero-order chi connectivity index (χ0) is 30.9. The minimum Gasteiger partial charge on any atom is -0.444 e. The maximum absolute atomic E-state index is 12.0. The second-order valence-corrected chi connectivity index (χ2v) is 12.4. The lowest BCUT2D eigenvalue weighted by molar-refractivity contribution is 0.0230. The highest BCUT2D eigenvalue weighted by Gasteiger charge is 2.27. The van der Waals surface area contributed by atoms with Gasteiger partial charge in [-0.05, 0) is 65.3 Å². The summed E-state index contributed by atoms with van der Waals surface area (Å²) in [7, 11) is 0. The van der Waals surface area contributed by atoms with Crippen molar-refractivity contribution in [3.8, 4) is 6.07 Å². The topological polar surface area (TPSA) is 115 Å². The van der Waals surface area contributed by atoms with Crippen LogP contribution < -0.4 is 15.5 Å². The third-order valence-corrected chi connectivity index (χ3v) is 6.78. The van der Waals surface area contributed by atoms with Crippen molar-refractivity contribution in [3.63, 3.8) is 0 Å². The molecule has 42 heavy (non-hydrogen) atoms. The van der Waals surface area contributed by atoms with E-state index in [-0.39, 0.29) is 12.2 Å². The summed E-state index contributed by atoms with van der Waals surface area (Å²) >= 11 is 0. The van der Waals surface area contributed by atoms with Crippen molar-refractivity contribution in [2.45, 2.75) is 59.3 Å². The third kappa shape index (κ3) is 9.55. The lowest BCUT2D eigenvalue weighted by Crippen LogP contribution is -2.50. The fourth-order valence-corrected chi connectivity index (χ4v) is 4.75. The Morgan fingerprint density at radius 3 is 1.55 bits per heavy atom. The number of para-hydroxylation sites is 2. The van der Waals surface area contributed by atoms with Crippen molar-refractivity contribution >= 4 is 23.6 Å². The van der Waals surface area contributed by atoms with E-state index in [4.69, 9.17) is 20.5 Å². The van der Waals surface area contributed by atoms with E-state index in [9.17, 15) is 9.59 Å². The predicted molar refractivity (Wildman–Crippen MR) is 166 cm³/mol. The Morgan fingerprint density at radius 2 is 1.12 bits per heavy atom. The second-order valence-electron chi connectivity index (χ2n) is 12.4. The van der Waals surface area contributed by atoms with Crippen molar-refractivity contribution in [3.05, 3.63) is 59.7 Å². The highest BCUT2D eigenvalue weighted by molar-refractivity contribution is 5.69. The molecule has 0 spiro atoms. The average Bonchev–Trinajstić information content (AvgIpc) is 2.96. The monoisotopic (exact) mass is 578 g/mol. The van der Waals surface area contributed by atoms with E-state index in [1.165, 1.54) is 5.69 Å². The maximum Gasteiger partial charge on any atom is 0.410 e. The molecule has 2 aromatic carbocycles. The Labute approximate surface area is 250 Å². The fourth-order valence-electron chi connectivity index (χ4n) is 4.75. The molecule has 0 unspecified atom stereocenters.